The van der Waals surface area contributed by atoms with Crippen LogP contribution in [0.3, 0.4) is 0 Å². The number of benzene rings is 1. The largest absolute Gasteiger partial charge is 0.481 e. The normalized spacial score (nSPS) is 10.7. The minimum absolute atomic E-state index is 0.171. The topological polar surface area (TPSA) is 86.8 Å². The highest BCUT2D eigenvalue weighted by Gasteiger charge is 2.09. The zero-order chi connectivity index (χ0) is 13.9. The van der Waals surface area contributed by atoms with E-state index in [-0.39, 0.29) is 5.95 Å². The lowest BCUT2D eigenvalue weighted by Gasteiger charge is -2.06. The van der Waals surface area contributed by atoms with E-state index in [1.165, 1.54) is 25.2 Å². The van der Waals surface area contributed by atoms with Gasteiger partial charge in [0.2, 0.25) is 11.8 Å². The molecule has 0 aliphatic carbocycles. The summed E-state index contributed by atoms with van der Waals surface area (Å²) in [6.45, 7) is 0. The van der Waals surface area contributed by atoms with Crippen LogP contribution < -0.4 is 10.5 Å². The number of aromatic nitrogens is 4. The molecule has 0 unspecified atom stereocenters. The predicted molar refractivity (Wildman–Crippen MR) is 76.7 cm³/mol. The molecule has 7 heteroatoms. The van der Waals surface area contributed by atoms with E-state index >= 15 is 0 Å². The van der Waals surface area contributed by atoms with Crippen LogP contribution in [0.5, 0.6) is 5.88 Å². The van der Waals surface area contributed by atoms with Crippen LogP contribution in [0.2, 0.25) is 0 Å². The maximum Gasteiger partial charge on any atom is 0.224 e. The third-order valence-electron chi connectivity index (χ3n) is 2.61. The molecule has 100 valence electrons. The number of nitrogen functional groups attached to an aromatic ring is 1. The van der Waals surface area contributed by atoms with Crippen LogP contribution in [0.4, 0.5) is 5.95 Å². The highest BCUT2D eigenvalue weighted by molar-refractivity contribution is 7.99. The average molecular weight is 285 g/mol. The number of nitrogens with zero attached hydrogens (tertiary/aromatic N) is 4. The van der Waals surface area contributed by atoms with E-state index in [1.807, 2.05) is 24.3 Å². The molecule has 0 bridgehead atoms. The maximum atomic E-state index is 5.65. The number of methoxy groups -OCH3 is 1. The standard InChI is InChI=1S/C13H11N5OS/c1-19-10-6-11(18-13(14)17-10)20-12-8-4-2-3-5-9(8)15-7-16-12/h2-7H,1H3,(H2,14,17,18). The van der Waals surface area contributed by atoms with Crippen molar-refractivity contribution in [2.45, 2.75) is 10.1 Å². The molecule has 0 radical (unpaired) electrons. The molecular weight excluding hydrogens is 274 g/mol. The second-order valence-corrected chi connectivity index (χ2v) is 4.91. The molecule has 2 aromatic heterocycles. The van der Waals surface area contributed by atoms with Crippen molar-refractivity contribution < 1.29 is 4.74 Å². The summed E-state index contributed by atoms with van der Waals surface area (Å²) in [5, 5.41) is 2.46. The van der Waals surface area contributed by atoms with Crippen molar-refractivity contribution in [2.24, 2.45) is 0 Å². The first kappa shape index (κ1) is 12.6. The van der Waals surface area contributed by atoms with E-state index in [9.17, 15) is 0 Å². The van der Waals surface area contributed by atoms with Gasteiger partial charge in [0.25, 0.3) is 0 Å². The Kier molecular flexibility index (Phi) is 3.34. The van der Waals surface area contributed by atoms with Crippen molar-refractivity contribution >= 4 is 28.6 Å². The van der Waals surface area contributed by atoms with Gasteiger partial charge < -0.3 is 10.5 Å². The average Bonchev–Trinajstić information content (AvgIpc) is 2.47. The van der Waals surface area contributed by atoms with Crippen LogP contribution in [-0.4, -0.2) is 27.0 Å². The Morgan fingerprint density at radius 3 is 2.85 bits per heavy atom. The summed E-state index contributed by atoms with van der Waals surface area (Å²) in [4.78, 5) is 16.7. The number of anilines is 1. The summed E-state index contributed by atoms with van der Waals surface area (Å²) in [5.74, 6) is 0.601. The highest BCUT2D eigenvalue weighted by atomic mass is 32.2. The van der Waals surface area contributed by atoms with Crippen LogP contribution in [-0.2, 0) is 0 Å². The second kappa shape index (κ2) is 5.30. The lowest BCUT2D eigenvalue weighted by molar-refractivity contribution is 0.396. The SMILES string of the molecule is COc1cc(Sc2ncnc3ccccc23)nc(N)n1. The molecule has 0 saturated heterocycles. The number of hydrogen-bond donors (Lipinski definition) is 1. The molecule has 0 spiro atoms. The molecule has 0 saturated carbocycles. The summed E-state index contributed by atoms with van der Waals surface area (Å²) in [7, 11) is 1.54. The molecule has 2 N–H and O–H groups in total. The van der Waals surface area contributed by atoms with Crippen molar-refractivity contribution in [3.05, 3.63) is 36.7 Å². The van der Waals surface area contributed by atoms with E-state index in [1.54, 1.807) is 6.07 Å². The predicted octanol–water partition coefficient (Wildman–Crippen LogP) is 2.16. The van der Waals surface area contributed by atoms with Crippen molar-refractivity contribution in [1.82, 2.24) is 19.9 Å². The van der Waals surface area contributed by atoms with Crippen LogP contribution in [0.25, 0.3) is 10.9 Å². The minimum Gasteiger partial charge on any atom is -0.481 e. The molecule has 0 fully saturated rings. The lowest BCUT2D eigenvalue weighted by atomic mass is 10.2. The van der Waals surface area contributed by atoms with Gasteiger partial charge in [-0.15, -0.1) is 0 Å². The Balaban J connectivity index is 2.03. The molecule has 3 aromatic rings. The zero-order valence-electron chi connectivity index (χ0n) is 10.6. The van der Waals surface area contributed by atoms with Crippen molar-refractivity contribution in [3.63, 3.8) is 0 Å². The first-order valence-corrected chi connectivity index (χ1v) is 6.64. The Bertz CT molecular complexity index is 759. The molecule has 6 nitrogen and oxygen atoms in total. The lowest BCUT2D eigenvalue weighted by Crippen LogP contribution is -1.98. The number of ether oxygens (including phenoxy) is 1. The van der Waals surface area contributed by atoms with Crippen molar-refractivity contribution in [1.29, 1.82) is 0 Å². The third kappa shape index (κ3) is 2.48. The number of para-hydroxylation sites is 1. The summed E-state index contributed by atoms with van der Waals surface area (Å²) < 4.78 is 5.08. The van der Waals surface area contributed by atoms with Gasteiger partial charge >= 0.3 is 0 Å². The fraction of sp³-hybridized carbons (Fsp3) is 0.0769. The van der Waals surface area contributed by atoms with E-state index in [2.05, 4.69) is 19.9 Å². The number of rotatable bonds is 3. The van der Waals surface area contributed by atoms with Gasteiger partial charge in [-0.25, -0.2) is 15.0 Å². The molecule has 0 amide bonds. The fourth-order valence-corrected chi connectivity index (χ4v) is 2.62. The van der Waals surface area contributed by atoms with E-state index < -0.39 is 0 Å². The highest BCUT2D eigenvalue weighted by Crippen LogP contribution is 2.31. The monoisotopic (exact) mass is 285 g/mol. The van der Waals surface area contributed by atoms with E-state index in [0.29, 0.717) is 10.9 Å². The van der Waals surface area contributed by atoms with Gasteiger partial charge in [0, 0.05) is 11.5 Å². The maximum absolute atomic E-state index is 5.65. The molecule has 3 rings (SSSR count). The zero-order valence-corrected chi connectivity index (χ0v) is 11.5. The van der Waals surface area contributed by atoms with Crippen molar-refractivity contribution in [3.8, 4) is 5.88 Å². The summed E-state index contributed by atoms with van der Waals surface area (Å²) in [6, 6.07) is 9.52. The number of hydrogen-bond acceptors (Lipinski definition) is 7. The second-order valence-electron chi connectivity index (χ2n) is 3.90. The Hall–Kier alpha value is -2.41. The smallest absolute Gasteiger partial charge is 0.224 e. The molecule has 1 aromatic carbocycles. The van der Waals surface area contributed by atoms with Crippen LogP contribution in [0.1, 0.15) is 0 Å². The van der Waals surface area contributed by atoms with Gasteiger partial charge in [-0.1, -0.05) is 18.2 Å². The van der Waals surface area contributed by atoms with E-state index in [0.717, 1.165) is 15.9 Å². The summed E-state index contributed by atoms with van der Waals surface area (Å²) >= 11 is 1.40. The summed E-state index contributed by atoms with van der Waals surface area (Å²) in [6.07, 6.45) is 1.53. The number of fused-ring (bicyclic) bond motifs is 1. The quantitative estimate of drug-likeness (QED) is 0.738. The molecular formula is C13H11N5OS. The van der Waals surface area contributed by atoms with Crippen molar-refractivity contribution in [2.75, 3.05) is 12.8 Å². The van der Waals surface area contributed by atoms with Crippen LogP contribution in [0, 0.1) is 0 Å². The molecule has 0 aliphatic heterocycles. The van der Waals surface area contributed by atoms with Gasteiger partial charge in [-0.2, -0.15) is 4.98 Å². The molecule has 0 aliphatic rings. The first-order chi connectivity index (χ1) is 9.76. The van der Waals surface area contributed by atoms with E-state index in [4.69, 9.17) is 10.5 Å². The van der Waals surface area contributed by atoms with Gasteiger partial charge in [-0.3, -0.25) is 0 Å². The number of nitrogens with two attached hydrogens (primary N) is 1. The Morgan fingerprint density at radius 1 is 1.15 bits per heavy atom. The minimum atomic E-state index is 0.171. The molecule has 0 atom stereocenters. The fourth-order valence-electron chi connectivity index (χ4n) is 1.74. The van der Waals surface area contributed by atoms with Crippen LogP contribution >= 0.6 is 11.8 Å². The molecule has 2 heterocycles. The Labute approximate surface area is 119 Å². The van der Waals surface area contributed by atoms with Gasteiger partial charge in [-0.05, 0) is 17.8 Å². The van der Waals surface area contributed by atoms with Gasteiger partial charge in [0.05, 0.1) is 12.6 Å². The van der Waals surface area contributed by atoms with Crippen LogP contribution in [0.15, 0.2) is 46.7 Å². The molecule has 20 heavy (non-hydrogen) atoms. The van der Waals surface area contributed by atoms with Gasteiger partial charge in [0.15, 0.2) is 0 Å². The first-order valence-electron chi connectivity index (χ1n) is 5.82. The van der Waals surface area contributed by atoms with Gasteiger partial charge in [0.1, 0.15) is 16.4 Å². The summed E-state index contributed by atoms with van der Waals surface area (Å²) in [5.41, 5.74) is 6.54. The third-order valence-corrected chi connectivity index (χ3v) is 3.55. The Morgan fingerprint density at radius 2 is 2.00 bits per heavy atom.